The lowest BCUT2D eigenvalue weighted by molar-refractivity contribution is -0.114. The summed E-state index contributed by atoms with van der Waals surface area (Å²) in [5.74, 6) is 0.0868. The van der Waals surface area contributed by atoms with Crippen molar-refractivity contribution in [2.24, 2.45) is 4.99 Å². The Balaban J connectivity index is 0.00000300. The van der Waals surface area contributed by atoms with Crippen LogP contribution in [-0.4, -0.2) is 41.5 Å². The summed E-state index contributed by atoms with van der Waals surface area (Å²) in [6.07, 6.45) is 5.85. The van der Waals surface area contributed by atoms with Gasteiger partial charge in [0.2, 0.25) is 5.91 Å². The molecule has 0 radical (unpaired) electrons. The topological polar surface area (TPSA) is 94.2 Å². The lowest BCUT2D eigenvalue weighted by Crippen LogP contribution is -2.39. The summed E-state index contributed by atoms with van der Waals surface area (Å²) in [4.78, 5) is 23.4. The number of guanidine groups is 1. The number of aliphatic imine (C=N–C) groups is 1. The number of hydrogen-bond donors (Lipinski definition) is 4. The minimum atomic E-state index is -0.259. The van der Waals surface area contributed by atoms with Crippen LogP contribution in [0.1, 0.15) is 12.5 Å². The van der Waals surface area contributed by atoms with E-state index in [1.807, 2.05) is 13.1 Å². The Labute approximate surface area is 185 Å². The van der Waals surface area contributed by atoms with Gasteiger partial charge in [0, 0.05) is 36.4 Å². The highest BCUT2D eigenvalue weighted by Crippen LogP contribution is 2.19. The Morgan fingerprint density at radius 1 is 1.28 bits per heavy atom. The molecule has 0 unspecified atom stereocenters. The van der Waals surface area contributed by atoms with E-state index in [2.05, 4.69) is 30.9 Å². The van der Waals surface area contributed by atoms with Crippen molar-refractivity contribution in [1.82, 2.24) is 20.6 Å². The fourth-order valence-corrected chi connectivity index (χ4v) is 2.81. The first kappa shape index (κ1) is 22.6. The summed E-state index contributed by atoms with van der Waals surface area (Å²) >= 11 is 0. The van der Waals surface area contributed by atoms with Crippen LogP contribution in [0.3, 0.4) is 0 Å². The van der Waals surface area contributed by atoms with E-state index < -0.39 is 0 Å². The average Bonchev–Trinajstić information content (AvgIpc) is 3.09. The number of hydrogen-bond acceptors (Lipinski definition) is 3. The molecule has 3 aromatic rings. The number of amides is 1. The number of nitrogens with zero attached hydrogens (tertiary/aromatic N) is 2. The molecule has 9 heteroatoms. The van der Waals surface area contributed by atoms with Crippen LogP contribution in [-0.2, 0) is 11.2 Å². The average molecular weight is 510 g/mol. The minimum Gasteiger partial charge on any atom is -0.361 e. The number of rotatable bonds is 7. The van der Waals surface area contributed by atoms with E-state index in [1.165, 1.54) is 12.1 Å². The number of aromatic nitrogens is 2. The SMILES string of the molecule is CCNC(=NCC(=O)Nc1cccnc1)NCCc1c[nH]c2cc(F)ccc12.I. The lowest BCUT2D eigenvalue weighted by atomic mass is 10.1. The van der Waals surface area contributed by atoms with Crippen molar-refractivity contribution in [3.05, 3.63) is 60.3 Å². The second-order valence-corrected chi connectivity index (χ2v) is 6.17. The number of benzene rings is 1. The molecule has 154 valence electrons. The second-order valence-electron chi connectivity index (χ2n) is 6.17. The summed E-state index contributed by atoms with van der Waals surface area (Å²) in [5, 5.41) is 10.1. The van der Waals surface area contributed by atoms with E-state index in [0.717, 1.165) is 22.9 Å². The summed E-state index contributed by atoms with van der Waals surface area (Å²) < 4.78 is 13.3. The smallest absolute Gasteiger partial charge is 0.246 e. The van der Waals surface area contributed by atoms with Gasteiger partial charge in [-0.25, -0.2) is 9.38 Å². The molecule has 0 saturated heterocycles. The zero-order valence-corrected chi connectivity index (χ0v) is 18.4. The van der Waals surface area contributed by atoms with Gasteiger partial charge in [0.25, 0.3) is 0 Å². The van der Waals surface area contributed by atoms with Gasteiger partial charge in [0.1, 0.15) is 12.4 Å². The van der Waals surface area contributed by atoms with Crippen LogP contribution < -0.4 is 16.0 Å². The van der Waals surface area contributed by atoms with E-state index in [4.69, 9.17) is 0 Å². The zero-order valence-electron chi connectivity index (χ0n) is 16.0. The molecule has 0 fully saturated rings. The molecule has 2 aromatic heterocycles. The lowest BCUT2D eigenvalue weighted by Gasteiger charge is -2.11. The number of fused-ring (bicyclic) bond motifs is 1. The van der Waals surface area contributed by atoms with E-state index in [1.54, 1.807) is 30.6 Å². The number of anilines is 1. The van der Waals surface area contributed by atoms with Crippen LogP contribution >= 0.6 is 24.0 Å². The van der Waals surface area contributed by atoms with Crippen LogP contribution in [0, 0.1) is 5.82 Å². The highest BCUT2D eigenvalue weighted by molar-refractivity contribution is 14.0. The van der Waals surface area contributed by atoms with Crippen molar-refractivity contribution in [3.8, 4) is 0 Å². The maximum Gasteiger partial charge on any atom is 0.246 e. The van der Waals surface area contributed by atoms with Crippen molar-refractivity contribution < 1.29 is 9.18 Å². The summed E-state index contributed by atoms with van der Waals surface area (Å²) in [6, 6.07) is 8.24. The molecule has 7 nitrogen and oxygen atoms in total. The second kappa shape index (κ2) is 11.3. The molecule has 3 rings (SSSR count). The molecule has 0 bridgehead atoms. The fraction of sp³-hybridized carbons (Fsp3) is 0.250. The van der Waals surface area contributed by atoms with Gasteiger partial charge < -0.3 is 20.9 Å². The Hall–Kier alpha value is -2.69. The van der Waals surface area contributed by atoms with Crippen LogP contribution in [0.25, 0.3) is 10.9 Å². The number of H-pyrrole nitrogens is 1. The van der Waals surface area contributed by atoms with Gasteiger partial charge in [-0.3, -0.25) is 9.78 Å². The van der Waals surface area contributed by atoms with Gasteiger partial charge in [0.05, 0.1) is 11.9 Å². The molecule has 0 atom stereocenters. The first-order valence-corrected chi connectivity index (χ1v) is 9.13. The third-order valence-electron chi connectivity index (χ3n) is 4.09. The van der Waals surface area contributed by atoms with Crippen LogP contribution in [0.15, 0.2) is 53.9 Å². The standard InChI is InChI=1S/C20H23FN6O.HI/c1-2-23-20(26-13-19(28)27-16-4-3-8-22-12-16)24-9-7-14-11-25-18-10-15(21)5-6-17(14)18;/h3-6,8,10-12,25H,2,7,9,13H2,1H3,(H,27,28)(H2,23,24,26);1H. The normalized spacial score (nSPS) is 11.0. The van der Waals surface area contributed by atoms with E-state index in [0.29, 0.717) is 24.7 Å². The molecule has 1 amide bonds. The van der Waals surface area contributed by atoms with Gasteiger partial charge >= 0.3 is 0 Å². The van der Waals surface area contributed by atoms with E-state index in [-0.39, 0.29) is 42.2 Å². The van der Waals surface area contributed by atoms with Crippen molar-refractivity contribution >= 4 is 52.4 Å². The molecule has 0 aliphatic rings. The van der Waals surface area contributed by atoms with Crippen molar-refractivity contribution in [3.63, 3.8) is 0 Å². The first-order chi connectivity index (χ1) is 13.7. The summed E-state index contributed by atoms with van der Waals surface area (Å²) in [6.45, 7) is 3.26. The van der Waals surface area contributed by atoms with E-state index in [9.17, 15) is 9.18 Å². The number of carbonyl (C=O) groups is 1. The highest BCUT2D eigenvalue weighted by Gasteiger charge is 2.06. The fourth-order valence-electron chi connectivity index (χ4n) is 2.81. The molecular formula is C20H24FIN6O. The number of halogens is 2. The highest BCUT2D eigenvalue weighted by atomic mass is 127. The molecule has 0 aliphatic carbocycles. The predicted octanol–water partition coefficient (Wildman–Crippen LogP) is 3.06. The molecule has 0 aliphatic heterocycles. The Kier molecular flexibility index (Phi) is 8.84. The van der Waals surface area contributed by atoms with Gasteiger partial charge in [0.15, 0.2) is 5.96 Å². The molecule has 2 heterocycles. The maximum atomic E-state index is 13.3. The van der Waals surface area contributed by atoms with Crippen molar-refractivity contribution in [2.75, 3.05) is 25.0 Å². The largest absolute Gasteiger partial charge is 0.361 e. The molecular weight excluding hydrogens is 486 g/mol. The third-order valence-corrected chi connectivity index (χ3v) is 4.09. The molecule has 29 heavy (non-hydrogen) atoms. The van der Waals surface area contributed by atoms with Crippen molar-refractivity contribution in [2.45, 2.75) is 13.3 Å². The number of nitrogens with one attached hydrogen (secondary N) is 4. The minimum absolute atomic E-state index is 0. The predicted molar refractivity (Wildman–Crippen MR) is 124 cm³/mol. The number of pyridine rings is 1. The molecule has 0 spiro atoms. The number of aromatic amines is 1. The van der Waals surface area contributed by atoms with Crippen molar-refractivity contribution in [1.29, 1.82) is 0 Å². The Morgan fingerprint density at radius 2 is 2.14 bits per heavy atom. The summed E-state index contributed by atoms with van der Waals surface area (Å²) in [7, 11) is 0. The Morgan fingerprint density at radius 3 is 2.90 bits per heavy atom. The Bertz CT molecular complexity index is 960. The van der Waals surface area contributed by atoms with Gasteiger partial charge in [-0.05, 0) is 49.2 Å². The quantitative estimate of drug-likeness (QED) is 0.223. The third kappa shape index (κ3) is 6.70. The molecule has 1 aromatic carbocycles. The van der Waals surface area contributed by atoms with Crippen LogP contribution in [0.4, 0.5) is 10.1 Å². The van der Waals surface area contributed by atoms with Crippen LogP contribution in [0.2, 0.25) is 0 Å². The molecule has 4 N–H and O–H groups in total. The van der Waals surface area contributed by atoms with Gasteiger partial charge in [-0.2, -0.15) is 0 Å². The maximum absolute atomic E-state index is 13.3. The van der Waals surface area contributed by atoms with Gasteiger partial charge in [-0.15, -0.1) is 24.0 Å². The number of carbonyl (C=O) groups excluding carboxylic acids is 1. The monoisotopic (exact) mass is 510 g/mol. The van der Waals surface area contributed by atoms with E-state index >= 15 is 0 Å². The molecule has 0 saturated carbocycles. The van der Waals surface area contributed by atoms with Crippen LogP contribution in [0.5, 0.6) is 0 Å². The summed E-state index contributed by atoms with van der Waals surface area (Å²) in [5.41, 5.74) is 2.51. The zero-order chi connectivity index (χ0) is 19.8. The first-order valence-electron chi connectivity index (χ1n) is 9.13. The van der Waals surface area contributed by atoms with Gasteiger partial charge in [-0.1, -0.05) is 0 Å².